The van der Waals surface area contributed by atoms with Gasteiger partial charge in [0.2, 0.25) is 0 Å². The Morgan fingerprint density at radius 3 is 2.84 bits per heavy atom. The van der Waals surface area contributed by atoms with Gasteiger partial charge in [-0.1, -0.05) is 0 Å². The van der Waals surface area contributed by atoms with E-state index in [1.807, 2.05) is 0 Å². The van der Waals surface area contributed by atoms with Gasteiger partial charge in [-0.25, -0.2) is 4.79 Å². The Morgan fingerprint density at radius 1 is 1.58 bits per heavy atom. The van der Waals surface area contributed by atoms with Gasteiger partial charge < -0.3 is 15.2 Å². The highest BCUT2D eigenvalue weighted by molar-refractivity contribution is 5.84. The molecule has 1 heterocycles. The Morgan fingerprint density at radius 2 is 2.32 bits per heavy atom. The van der Waals surface area contributed by atoms with E-state index in [-0.39, 0.29) is 17.5 Å². The van der Waals surface area contributed by atoms with Crippen LogP contribution in [0.1, 0.15) is 6.42 Å². The fourth-order valence-electron chi connectivity index (χ4n) is 1.70. The second-order valence-corrected chi connectivity index (χ2v) is 4.08. The van der Waals surface area contributed by atoms with Crippen molar-refractivity contribution in [2.75, 3.05) is 23.8 Å². The number of rotatable bonds is 5. The Kier molecular flexibility index (Phi) is 3.81. The minimum Gasteiger partial charge on any atom is -0.465 e. The molecular formula is C11H13N3O5. The highest BCUT2D eigenvalue weighted by Gasteiger charge is 2.20. The van der Waals surface area contributed by atoms with Gasteiger partial charge >= 0.3 is 6.09 Å². The predicted octanol–water partition coefficient (Wildman–Crippen LogP) is 1.89. The highest BCUT2D eigenvalue weighted by atomic mass is 16.6. The van der Waals surface area contributed by atoms with Crippen molar-refractivity contribution in [3.05, 3.63) is 28.3 Å². The zero-order valence-electron chi connectivity index (χ0n) is 9.96. The molecule has 1 atom stereocenters. The van der Waals surface area contributed by atoms with E-state index in [1.165, 1.54) is 18.2 Å². The minimum absolute atomic E-state index is 0.0800. The van der Waals surface area contributed by atoms with Crippen LogP contribution in [0.15, 0.2) is 18.2 Å². The van der Waals surface area contributed by atoms with E-state index in [9.17, 15) is 14.9 Å². The zero-order chi connectivity index (χ0) is 13.8. The van der Waals surface area contributed by atoms with Crippen molar-refractivity contribution in [3.8, 4) is 0 Å². The molecule has 0 bridgehead atoms. The summed E-state index contributed by atoms with van der Waals surface area (Å²) in [7, 11) is 0. The SMILES string of the molecule is O=C(O)Nc1ccc(NC[C@@H]2CCO2)c([N+](=O)[O-])c1. The molecule has 3 N–H and O–H groups in total. The van der Waals surface area contributed by atoms with Gasteiger partial charge in [0, 0.05) is 19.2 Å². The van der Waals surface area contributed by atoms with E-state index in [0.29, 0.717) is 12.2 Å². The highest BCUT2D eigenvalue weighted by Crippen LogP contribution is 2.28. The molecule has 0 unspecified atom stereocenters. The topological polar surface area (TPSA) is 114 Å². The molecule has 0 radical (unpaired) electrons. The maximum atomic E-state index is 10.9. The number of hydrogen-bond donors (Lipinski definition) is 3. The Labute approximate surface area is 108 Å². The number of amides is 1. The van der Waals surface area contributed by atoms with E-state index in [1.54, 1.807) is 0 Å². The molecule has 1 aromatic rings. The summed E-state index contributed by atoms with van der Waals surface area (Å²) >= 11 is 0. The molecule has 0 aromatic heterocycles. The monoisotopic (exact) mass is 267 g/mol. The summed E-state index contributed by atoms with van der Waals surface area (Å²) < 4.78 is 5.21. The van der Waals surface area contributed by atoms with Crippen LogP contribution >= 0.6 is 0 Å². The van der Waals surface area contributed by atoms with Crippen LogP contribution in [0.3, 0.4) is 0 Å². The molecule has 0 aliphatic carbocycles. The zero-order valence-corrected chi connectivity index (χ0v) is 9.96. The van der Waals surface area contributed by atoms with Gasteiger partial charge in [0.05, 0.1) is 16.7 Å². The third-order valence-electron chi connectivity index (χ3n) is 2.76. The molecule has 1 aromatic carbocycles. The molecule has 2 rings (SSSR count). The Balaban J connectivity index is 2.11. The lowest BCUT2D eigenvalue weighted by Crippen LogP contribution is -2.33. The van der Waals surface area contributed by atoms with E-state index >= 15 is 0 Å². The van der Waals surface area contributed by atoms with Crippen LogP contribution < -0.4 is 10.6 Å². The first-order chi connectivity index (χ1) is 9.06. The summed E-state index contributed by atoms with van der Waals surface area (Å²) in [4.78, 5) is 20.9. The molecular weight excluding hydrogens is 254 g/mol. The number of hydrogen-bond acceptors (Lipinski definition) is 5. The molecule has 1 saturated heterocycles. The van der Waals surface area contributed by atoms with Gasteiger partial charge in [0.15, 0.2) is 0 Å². The van der Waals surface area contributed by atoms with Gasteiger partial charge in [-0.3, -0.25) is 15.4 Å². The second-order valence-electron chi connectivity index (χ2n) is 4.08. The molecule has 1 fully saturated rings. The lowest BCUT2D eigenvalue weighted by molar-refractivity contribution is -0.383. The average molecular weight is 267 g/mol. The van der Waals surface area contributed by atoms with Gasteiger partial charge in [-0.2, -0.15) is 0 Å². The molecule has 102 valence electrons. The van der Waals surface area contributed by atoms with Crippen LogP contribution in [0.4, 0.5) is 21.9 Å². The molecule has 19 heavy (non-hydrogen) atoms. The number of nitro benzene ring substituents is 1. The lowest BCUT2D eigenvalue weighted by Gasteiger charge is -2.26. The number of ether oxygens (including phenoxy) is 1. The standard InChI is InChI=1S/C11H13N3O5/c15-11(16)13-7-1-2-9(10(5-7)14(17)18)12-6-8-3-4-19-8/h1-2,5,8,12-13H,3-4,6H2,(H,15,16)/t8-/m0/s1. The van der Waals surface area contributed by atoms with Crippen LogP contribution in [0.25, 0.3) is 0 Å². The molecule has 0 spiro atoms. The molecule has 1 amide bonds. The van der Waals surface area contributed by atoms with Crippen molar-refractivity contribution < 1.29 is 19.6 Å². The Hall–Kier alpha value is -2.35. The number of benzene rings is 1. The first kappa shape index (κ1) is 13.1. The molecule has 1 aliphatic rings. The van der Waals surface area contributed by atoms with Gasteiger partial charge in [0.25, 0.3) is 5.69 Å². The van der Waals surface area contributed by atoms with Crippen molar-refractivity contribution in [1.82, 2.24) is 0 Å². The number of nitrogens with one attached hydrogen (secondary N) is 2. The van der Waals surface area contributed by atoms with E-state index in [0.717, 1.165) is 13.0 Å². The molecule has 8 nitrogen and oxygen atoms in total. The first-order valence-corrected chi connectivity index (χ1v) is 5.70. The quantitative estimate of drug-likeness (QED) is 0.554. The summed E-state index contributed by atoms with van der Waals surface area (Å²) in [5.41, 5.74) is 0.326. The van der Waals surface area contributed by atoms with Crippen LogP contribution in [0.2, 0.25) is 0 Å². The van der Waals surface area contributed by atoms with Gasteiger partial charge in [-0.15, -0.1) is 0 Å². The van der Waals surface area contributed by atoms with Crippen LogP contribution in [-0.2, 0) is 4.74 Å². The lowest BCUT2D eigenvalue weighted by atomic mass is 10.2. The fraction of sp³-hybridized carbons (Fsp3) is 0.364. The summed E-state index contributed by atoms with van der Waals surface area (Å²) in [6, 6.07) is 4.12. The molecule has 1 aliphatic heterocycles. The molecule has 8 heteroatoms. The van der Waals surface area contributed by atoms with Gasteiger partial charge in [0.1, 0.15) is 5.69 Å². The van der Waals surface area contributed by atoms with Crippen LogP contribution in [0.5, 0.6) is 0 Å². The third kappa shape index (κ3) is 3.32. The maximum absolute atomic E-state index is 10.9. The van der Waals surface area contributed by atoms with Crippen molar-refractivity contribution >= 4 is 23.2 Å². The van der Waals surface area contributed by atoms with Crippen molar-refractivity contribution in [3.63, 3.8) is 0 Å². The van der Waals surface area contributed by atoms with E-state index in [4.69, 9.17) is 9.84 Å². The predicted molar refractivity (Wildman–Crippen MR) is 67.6 cm³/mol. The second kappa shape index (κ2) is 5.53. The number of anilines is 2. The third-order valence-corrected chi connectivity index (χ3v) is 2.76. The van der Waals surface area contributed by atoms with Crippen LogP contribution in [-0.4, -0.2) is 35.4 Å². The van der Waals surface area contributed by atoms with E-state index < -0.39 is 11.0 Å². The van der Waals surface area contributed by atoms with Crippen LogP contribution in [0, 0.1) is 10.1 Å². The normalized spacial score (nSPS) is 17.4. The fourth-order valence-corrected chi connectivity index (χ4v) is 1.70. The summed E-state index contributed by atoms with van der Waals surface area (Å²) in [5, 5.41) is 24.5. The number of carbonyl (C=O) groups is 1. The van der Waals surface area contributed by atoms with Crippen molar-refractivity contribution in [2.24, 2.45) is 0 Å². The number of nitro groups is 1. The molecule has 0 saturated carbocycles. The average Bonchev–Trinajstić information content (AvgIpc) is 2.27. The first-order valence-electron chi connectivity index (χ1n) is 5.70. The largest absolute Gasteiger partial charge is 0.465 e. The summed E-state index contributed by atoms with van der Waals surface area (Å²) in [6.45, 7) is 1.21. The van der Waals surface area contributed by atoms with Crippen molar-refractivity contribution in [1.29, 1.82) is 0 Å². The van der Waals surface area contributed by atoms with Crippen molar-refractivity contribution in [2.45, 2.75) is 12.5 Å². The smallest absolute Gasteiger partial charge is 0.409 e. The number of nitrogens with zero attached hydrogens (tertiary/aromatic N) is 1. The maximum Gasteiger partial charge on any atom is 0.409 e. The summed E-state index contributed by atoms with van der Waals surface area (Å²) in [6.07, 6.45) is -0.256. The Bertz CT molecular complexity index is 501. The number of carboxylic acid groups (broad SMARTS) is 1. The minimum atomic E-state index is -1.27. The van der Waals surface area contributed by atoms with Gasteiger partial charge in [-0.05, 0) is 18.6 Å². The summed E-state index contributed by atoms with van der Waals surface area (Å²) in [5.74, 6) is 0. The van der Waals surface area contributed by atoms with E-state index in [2.05, 4.69) is 10.6 Å².